The number of ether oxygens (including phenoxy) is 1. The maximum atomic E-state index is 12.2. The van der Waals surface area contributed by atoms with Crippen LogP contribution in [-0.4, -0.2) is 17.4 Å². The van der Waals surface area contributed by atoms with Gasteiger partial charge in [0, 0.05) is 23.7 Å². The van der Waals surface area contributed by atoms with Crippen LogP contribution in [0.2, 0.25) is 0 Å². The number of hydrogen-bond acceptors (Lipinski definition) is 5. The van der Waals surface area contributed by atoms with E-state index in [4.69, 9.17) is 10.5 Å². The van der Waals surface area contributed by atoms with Crippen molar-refractivity contribution in [3.8, 4) is 5.75 Å². The molecule has 0 bridgehead atoms. The molecule has 3 N–H and O–H groups in total. The molecule has 1 amide bonds. The van der Waals surface area contributed by atoms with Crippen molar-refractivity contribution in [2.24, 2.45) is 0 Å². The number of carbonyl (C=O) groups is 1. The van der Waals surface area contributed by atoms with Crippen LogP contribution in [-0.2, 0) is 6.42 Å². The van der Waals surface area contributed by atoms with Crippen LogP contribution in [0, 0.1) is 10.1 Å². The maximum Gasteiger partial charge on any atom is 0.292 e. The van der Waals surface area contributed by atoms with Gasteiger partial charge in [0.05, 0.1) is 11.5 Å². The minimum Gasteiger partial charge on any atom is -0.493 e. The third-order valence-corrected chi connectivity index (χ3v) is 3.44. The first kappa shape index (κ1) is 13.9. The number of amides is 1. The topological polar surface area (TPSA) is 107 Å². The predicted octanol–water partition coefficient (Wildman–Crippen LogP) is 2.36. The molecule has 0 radical (unpaired) electrons. The quantitative estimate of drug-likeness (QED) is 0.514. The number of fused-ring (bicyclic) bond motifs is 1. The average molecular weight is 299 g/mol. The van der Waals surface area contributed by atoms with Crippen molar-refractivity contribution in [3.05, 3.63) is 57.6 Å². The van der Waals surface area contributed by atoms with Crippen LogP contribution >= 0.6 is 0 Å². The third kappa shape index (κ3) is 2.56. The number of nitrogen functional groups attached to an aromatic ring is 1. The number of anilines is 2. The number of nitrogens with one attached hydrogen (secondary N) is 1. The van der Waals surface area contributed by atoms with Gasteiger partial charge in [-0.25, -0.2) is 0 Å². The zero-order valence-corrected chi connectivity index (χ0v) is 11.5. The molecular formula is C15H13N3O4. The number of benzene rings is 2. The Morgan fingerprint density at radius 1 is 1.27 bits per heavy atom. The summed E-state index contributed by atoms with van der Waals surface area (Å²) in [5, 5.41) is 13.6. The largest absolute Gasteiger partial charge is 0.493 e. The van der Waals surface area contributed by atoms with Crippen molar-refractivity contribution >= 4 is 23.0 Å². The summed E-state index contributed by atoms with van der Waals surface area (Å²) in [6.07, 6.45) is 0.798. The first-order valence-corrected chi connectivity index (χ1v) is 6.65. The van der Waals surface area contributed by atoms with Crippen molar-refractivity contribution in [3.63, 3.8) is 0 Å². The number of nitrogens with zero attached hydrogens (tertiary/aromatic N) is 1. The Labute approximate surface area is 125 Å². The van der Waals surface area contributed by atoms with Crippen LogP contribution in [0.3, 0.4) is 0 Å². The number of hydrogen-bond donors (Lipinski definition) is 2. The summed E-state index contributed by atoms with van der Waals surface area (Å²) in [6.45, 7) is 0.636. The molecular weight excluding hydrogens is 286 g/mol. The van der Waals surface area contributed by atoms with Gasteiger partial charge >= 0.3 is 0 Å². The van der Waals surface area contributed by atoms with Crippen LogP contribution in [0.1, 0.15) is 15.9 Å². The van der Waals surface area contributed by atoms with Crippen molar-refractivity contribution in [1.29, 1.82) is 0 Å². The molecule has 0 saturated carbocycles. The van der Waals surface area contributed by atoms with E-state index < -0.39 is 10.8 Å². The summed E-state index contributed by atoms with van der Waals surface area (Å²) >= 11 is 0. The molecule has 0 unspecified atom stereocenters. The van der Waals surface area contributed by atoms with Gasteiger partial charge in [-0.15, -0.1) is 0 Å². The minimum absolute atomic E-state index is 0.0243. The third-order valence-electron chi connectivity index (χ3n) is 3.44. The lowest BCUT2D eigenvalue weighted by atomic mass is 10.1. The molecule has 0 aromatic heterocycles. The molecule has 112 valence electrons. The molecule has 1 aliphatic rings. The van der Waals surface area contributed by atoms with Crippen LogP contribution in [0.5, 0.6) is 5.75 Å². The van der Waals surface area contributed by atoms with Gasteiger partial charge < -0.3 is 15.8 Å². The Hall–Kier alpha value is -3.09. The maximum absolute atomic E-state index is 12.2. The molecule has 2 aromatic rings. The first-order valence-electron chi connectivity index (χ1n) is 6.65. The highest BCUT2D eigenvalue weighted by Gasteiger charge is 2.17. The molecule has 22 heavy (non-hydrogen) atoms. The van der Waals surface area contributed by atoms with Crippen molar-refractivity contribution < 1.29 is 14.5 Å². The minimum atomic E-state index is -0.612. The van der Waals surface area contributed by atoms with E-state index >= 15 is 0 Å². The van der Waals surface area contributed by atoms with Gasteiger partial charge in [-0.3, -0.25) is 14.9 Å². The lowest BCUT2D eigenvalue weighted by molar-refractivity contribution is -0.383. The summed E-state index contributed by atoms with van der Waals surface area (Å²) in [5.74, 6) is 0.392. The Morgan fingerprint density at radius 3 is 2.86 bits per heavy atom. The van der Waals surface area contributed by atoms with E-state index in [1.54, 1.807) is 12.1 Å². The second-order valence-corrected chi connectivity index (χ2v) is 4.91. The Balaban J connectivity index is 1.83. The van der Waals surface area contributed by atoms with Crippen LogP contribution < -0.4 is 15.8 Å². The van der Waals surface area contributed by atoms with E-state index in [-0.39, 0.29) is 16.9 Å². The highest BCUT2D eigenvalue weighted by Crippen LogP contribution is 2.28. The average Bonchev–Trinajstić information content (AvgIpc) is 2.94. The molecule has 3 rings (SSSR count). The standard InChI is InChI=1S/C15H13N3O4/c16-12-3-1-10(8-13(12)18(20)21)15(19)17-11-2-4-14-9(7-11)5-6-22-14/h1-4,7-8H,5-6,16H2,(H,17,19). The Morgan fingerprint density at radius 2 is 2.09 bits per heavy atom. The van der Waals surface area contributed by atoms with Gasteiger partial charge in [-0.1, -0.05) is 0 Å². The molecule has 0 atom stereocenters. The summed E-state index contributed by atoms with van der Waals surface area (Å²) in [5.41, 5.74) is 7.09. The summed E-state index contributed by atoms with van der Waals surface area (Å²) in [7, 11) is 0. The monoisotopic (exact) mass is 299 g/mol. The van der Waals surface area contributed by atoms with E-state index in [9.17, 15) is 14.9 Å². The van der Waals surface area contributed by atoms with Crippen molar-refractivity contribution in [2.75, 3.05) is 17.7 Å². The second-order valence-electron chi connectivity index (χ2n) is 4.91. The zero-order chi connectivity index (χ0) is 15.7. The van der Waals surface area contributed by atoms with Gasteiger partial charge in [0.1, 0.15) is 11.4 Å². The fourth-order valence-corrected chi connectivity index (χ4v) is 2.31. The first-order chi connectivity index (χ1) is 10.5. The molecule has 7 nitrogen and oxygen atoms in total. The summed E-state index contributed by atoms with van der Waals surface area (Å²) in [4.78, 5) is 22.4. The van der Waals surface area contributed by atoms with E-state index in [1.807, 2.05) is 6.07 Å². The zero-order valence-electron chi connectivity index (χ0n) is 11.5. The highest BCUT2D eigenvalue weighted by atomic mass is 16.6. The van der Waals surface area contributed by atoms with Crippen LogP contribution in [0.15, 0.2) is 36.4 Å². The van der Waals surface area contributed by atoms with Crippen LogP contribution in [0.4, 0.5) is 17.1 Å². The molecule has 7 heteroatoms. The van der Waals surface area contributed by atoms with Crippen molar-refractivity contribution in [2.45, 2.75) is 6.42 Å². The Kier molecular flexibility index (Phi) is 3.38. The number of rotatable bonds is 3. The number of nitrogens with two attached hydrogens (primary N) is 1. The SMILES string of the molecule is Nc1ccc(C(=O)Nc2ccc3c(c2)CCO3)cc1[N+](=O)[O-]. The summed E-state index contributed by atoms with van der Waals surface area (Å²) < 4.78 is 5.40. The molecule has 0 saturated heterocycles. The number of nitro groups is 1. The lowest BCUT2D eigenvalue weighted by Gasteiger charge is -2.07. The van der Waals surface area contributed by atoms with E-state index in [0.29, 0.717) is 12.3 Å². The molecule has 0 aliphatic carbocycles. The molecule has 0 fully saturated rings. The van der Waals surface area contributed by atoms with Crippen molar-refractivity contribution in [1.82, 2.24) is 0 Å². The fraction of sp³-hybridized carbons (Fsp3) is 0.133. The molecule has 1 heterocycles. The second kappa shape index (κ2) is 5.36. The fourth-order valence-electron chi connectivity index (χ4n) is 2.31. The summed E-state index contributed by atoms with van der Waals surface area (Å²) in [6, 6.07) is 9.34. The molecule has 1 aliphatic heterocycles. The number of carbonyl (C=O) groups excluding carboxylic acids is 1. The van der Waals surface area contributed by atoms with Gasteiger partial charge in [0.2, 0.25) is 0 Å². The van der Waals surface area contributed by atoms with Crippen LogP contribution in [0.25, 0.3) is 0 Å². The van der Waals surface area contributed by atoms with Gasteiger partial charge in [-0.2, -0.15) is 0 Å². The highest BCUT2D eigenvalue weighted by molar-refractivity contribution is 6.05. The van der Waals surface area contributed by atoms with Gasteiger partial charge in [-0.05, 0) is 35.9 Å². The van der Waals surface area contributed by atoms with E-state index in [2.05, 4.69) is 5.32 Å². The number of nitro benzene ring substituents is 1. The smallest absolute Gasteiger partial charge is 0.292 e. The molecule has 2 aromatic carbocycles. The predicted molar refractivity (Wildman–Crippen MR) is 81.1 cm³/mol. The van der Waals surface area contributed by atoms with Gasteiger partial charge in [0.15, 0.2) is 0 Å². The van der Waals surface area contributed by atoms with Gasteiger partial charge in [0.25, 0.3) is 11.6 Å². The lowest BCUT2D eigenvalue weighted by Crippen LogP contribution is -2.12. The van der Waals surface area contributed by atoms with E-state index in [0.717, 1.165) is 17.7 Å². The Bertz CT molecular complexity index is 773. The molecule has 0 spiro atoms. The normalized spacial score (nSPS) is 12.4. The van der Waals surface area contributed by atoms with E-state index in [1.165, 1.54) is 18.2 Å².